The number of ether oxygens (including phenoxy) is 2. The van der Waals surface area contributed by atoms with Gasteiger partial charge in [-0.2, -0.15) is 0 Å². The third kappa shape index (κ3) is 6.48. The lowest BCUT2D eigenvalue weighted by molar-refractivity contribution is -0.147. The van der Waals surface area contributed by atoms with Crippen LogP contribution < -0.4 is 0 Å². The maximum atomic E-state index is 12.2. The minimum Gasteiger partial charge on any atom is -0.469 e. The Bertz CT molecular complexity index is 814. The lowest BCUT2D eigenvalue weighted by atomic mass is 9.87. The number of esters is 1. The Morgan fingerprint density at radius 3 is 2.28 bits per heavy atom. The molecule has 0 aliphatic carbocycles. The zero-order chi connectivity index (χ0) is 21.3. The lowest BCUT2D eigenvalue weighted by Gasteiger charge is -2.31. The summed E-state index contributed by atoms with van der Waals surface area (Å²) in [7, 11) is 2.58. The van der Waals surface area contributed by atoms with Crippen LogP contribution in [0.3, 0.4) is 0 Å². The Hall–Kier alpha value is -2.57. The molecule has 0 spiro atoms. The van der Waals surface area contributed by atoms with Crippen molar-refractivity contribution >= 4 is 23.7 Å². The first kappa shape index (κ1) is 22.7. The van der Waals surface area contributed by atoms with Crippen molar-refractivity contribution in [1.29, 1.82) is 0 Å². The largest absolute Gasteiger partial charge is 0.469 e. The van der Waals surface area contributed by atoms with E-state index in [9.17, 15) is 14.7 Å². The van der Waals surface area contributed by atoms with Gasteiger partial charge in [0.25, 0.3) is 0 Å². The van der Waals surface area contributed by atoms with E-state index in [2.05, 4.69) is 0 Å². The van der Waals surface area contributed by atoms with Crippen molar-refractivity contribution < 1.29 is 24.2 Å². The third-order valence-corrected chi connectivity index (χ3v) is 5.18. The van der Waals surface area contributed by atoms with Crippen LogP contribution in [0.4, 0.5) is 4.79 Å². The molecule has 0 heterocycles. The lowest BCUT2D eigenvalue weighted by Crippen LogP contribution is -2.39. The van der Waals surface area contributed by atoms with Gasteiger partial charge in [-0.05, 0) is 30.0 Å². The fraction of sp³-hybridized carbons (Fsp3) is 0.364. The van der Waals surface area contributed by atoms with Gasteiger partial charge in [-0.15, -0.1) is 0 Å². The van der Waals surface area contributed by atoms with Crippen LogP contribution in [0.2, 0.25) is 5.02 Å². The molecule has 2 rings (SSSR count). The molecular formula is C22H26ClNO5. The number of carbonyl (C=O) groups excluding carboxylic acids is 2. The Morgan fingerprint density at radius 1 is 1.00 bits per heavy atom. The molecule has 6 nitrogen and oxygen atoms in total. The number of benzene rings is 2. The van der Waals surface area contributed by atoms with Crippen LogP contribution in [0.5, 0.6) is 0 Å². The van der Waals surface area contributed by atoms with Crippen LogP contribution >= 0.6 is 11.6 Å². The number of carbonyl (C=O) groups is 2. The molecule has 1 unspecified atom stereocenters. The number of methoxy groups -OCH3 is 2. The number of hydrogen-bond acceptors (Lipinski definition) is 5. The molecule has 2 aromatic carbocycles. The van der Waals surface area contributed by atoms with Crippen LogP contribution in [-0.4, -0.2) is 49.4 Å². The number of nitrogens with zero attached hydrogens (tertiary/aromatic N) is 1. The van der Waals surface area contributed by atoms with Gasteiger partial charge in [0.2, 0.25) is 0 Å². The van der Waals surface area contributed by atoms with Crippen LogP contribution in [0.1, 0.15) is 24.0 Å². The molecule has 0 aliphatic rings. The molecule has 1 atom stereocenters. The Balaban J connectivity index is 2.14. The summed E-state index contributed by atoms with van der Waals surface area (Å²) in [6, 6.07) is 16.3. The molecule has 156 valence electrons. The second-order valence-corrected chi connectivity index (χ2v) is 7.11. The van der Waals surface area contributed by atoms with E-state index in [0.717, 1.165) is 5.56 Å². The predicted octanol–water partition coefficient (Wildman–Crippen LogP) is 3.79. The smallest absolute Gasteiger partial charge is 0.409 e. The molecule has 0 saturated heterocycles. The number of rotatable bonds is 9. The molecule has 0 radical (unpaired) electrons. The van der Waals surface area contributed by atoms with E-state index < -0.39 is 17.7 Å². The SMILES string of the molecule is COC(=O)CC(O)(CCN(CCc1ccccc1Cl)C(=O)OC)c1ccccc1. The maximum Gasteiger partial charge on any atom is 0.409 e. The first-order valence-corrected chi connectivity index (χ1v) is 9.68. The van der Waals surface area contributed by atoms with E-state index in [1.807, 2.05) is 24.3 Å². The summed E-state index contributed by atoms with van der Waals surface area (Å²) in [6.45, 7) is 0.555. The minimum atomic E-state index is -1.47. The fourth-order valence-electron chi connectivity index (χ4n) is 3.09. The molecular weight excluding hydrogens is 394 g/mol. The summed E-state index contributed by atoms with van der Waals surface area (Å²) in [5, 5.41) is 11.8. The topological polar surface area (TPSA) is 76.1 Å². The van der Waals surface area contributed by atoms with E-state index >= 15 is 0 Å². The van der Waals surface area contributed by atoms with Crippen LogP contribution in [0.15, 0.2) is 54.6 Å². The Kier molecular flexibility index (Phi) is 8.49. The zero-order valence-electron chi connectivity index (χ0n) is 16.6. The number of amides is 1. The van der Waals surface area contributed by atoms with Gasteiger partial charge in [0.1, 0.15) is 5.60 Å². The van der Waals surface area contributed by atoms with Gasteiger partial charge in [-0.25, -0.2) is 4.79 Å². The van der Waals surface area contributed by atoms with Gasteiger partial charge in [-0.1, -0.05) is 60.1 Å². The summed E-state index contributed by atoms with van der Waals surface area (Å²) >= 11 is 6.20. The van der Waals surface area contributed by atoms with Crippen molar-refractivity contribution in [2.24, 2.45) is 0 Å². The number of aliphatic hydroxyl groups is 1. The molecule has 1 amide bonds. The molecule has 0 bridgehead atoms. The molecule has 2 aromatic rings. The van der Waals surface area contributed by atoms with Crippen molar-refractivity contribution in [2.45, 2.75) is 24.9 Å². The third-order valence-electron chi connectivity index (χ3n) is 4.81. The minimum absolute atomic E-state index is 0.143. The highest BCUT2D eigenvalue weighted by Crippen LogP contribution is 2.30. The normalized spacial score (nSPS) is 12.7. The molecule has 0 saturated carbocycles. The van der Waals surface area contributed by atoms with Crippen LogP contribution in [0, 0.1) is 0 Å². The summed E-state index contributed by atoms with van der Waals surface area (Å²) in [5.74, 6) is -0.531. The quantitative estimate of drug-likeness (QED) is 0.626. The number of halogens is 1. The van der Waals surface area contributed by atoms with Gasteiger partial charge in [0, 0.05) is 18.1 Å². The highest BCUT2D eigenvalue weighted by molar-refractivity contribution is 6.31. The maximum absolute atomic E-state index is 12.2. The fourth-order valence-corrected chi connectivity index (χ4v) is 3.32. The van der Waals surface area contributed by atoms with Gasteiger partial charge in [0.15, 0.2) is 0 Å². The van der Waals surface area contributed by atoms with Crippen molar-refractivity contribution in [2.75, 3.05) is 27.3 Å². The average molecular weight is 420 g/mol. The summed E-state index contributed by atoms with van der Waals surface area (Å²) in [4.78, 5) is 25.6. The molecule has 0 aliphatic heterocycles. The highest BCUT2D eigenvalue weighted by Gasteiger charge is 2.33. The molecule has 0 aromatic heterocycles. The summed E-state index contributed by atoms with van der Waals surface area (Å²) in [5.41, 5.74) is 0.0302. The van der Waals surface area contributed by atoms with Crippen molar-refractivity contribution in [3.63, 3.8) is 0 Å². The zero-order valence-corrected chi connectivity index (χ0v) is 17.4. The number of hydrogen-bond donors (Lipinski definition) is 1. The van der Waals surface area contributed by atoms with Gasteiger partial charge < -0.3 is 19.5 Å². The van der Waals surface area contributed by atoms with Crippen molar-refractivity contribution in [1.82, 2.24) is 4.90 Å². The highest BCUT2D eigenvalue weighted by atomic mass is 35.5. The average Bonchev–Trinajstić information content (AvgIpc) is 2.74. The van der Waals surface area contributed by atoms with E-state index in [-0.39, 0.29) is 19.4 Å². The first-order chi connectivity index (χ1) is 13.9. The standard InChI is InChI=1S/C22H26ClNO5/c1-28-20(25)16-22(27,18-9-4-3-5-10-18)13-15-24(21(26)29-2)14-12-17-8-6-7-11-19(17)23/h3-11,27H,12-16H2,1-2H3. The summed E-state index contributed by atoms with van der Waals surface area (Å²) < 4.78 is 9.63. The molecule has 29 heavy (non-hydrogen) atoms. The van der Waals surface area contributed by atoms with Gasteiger partial charge in [-0.3, -0.25) is 4.79 Å². The molecule has 0 fully saturated rings. The van der Waals surface area contributed by atoms with Crippen LogP contribution in [-0.2, 0) is 26.3 Å². The van der Waals surface area contributed by atoms with Crippen molar-refractivity contribution in [3.8, 4) is 0 Å². The Labute approximate surface area is 176 Å². The monoisotopic (exact) mass is 419 g/mol. The predicted molar refractivity (Wildman–Crippen MR) is 111 cm³/mol. The van der Waals surface area contributed by atoms with Crippen LogP contribution in [0.25, 0.3) is 0 Å². The second-order valence-electron chi connectivity index (χ2n) is 6.70. The second kappa shape index (κ2) is 10.8. The molecule has 7 heteroatoms. The Morgan fingerprint density at radius 2 is 1.66 bits per heavy atom. The van der Waals surface area contributed by atoms with E-state index in [1.54, 1.807) is 30.3 Å². The van der Waals surface area contributed by atoms with E-state index in [1.165, 1.54) is 19.1 Å². The summed E-state index contributed by atoms with van der Waals surface area (Å²) in [6.07, 6.45) is -0.0442. The van der Waals surface area contributed by atoms with Gasteiger partial charge >= 0.3 is 12.1 Å². The first-order valence-electron chi connectivity index (χ1n) is 9.30. The van der Waals surface area contributed by atoms with Gasteiger partial charge in [0.05, 0.1) is 20.6 Å². The van der Waals surface area contributed by atoms with E-state index in [4.69, 9.17) is 21.1 Å². The van der Waals surface area contributed by atoms with E-state index in [0.29, 0.717) is 23.6 Å². The van der Waals surface area contributed by atoms with Crippen molar-refractivity contribution in [3.05, 3.63) is 70.7 Å². The molecule has 1 N–H and O–H groups in total.